The standard InChI is InChI=1S/C14H19NO4/c1-5-15(14(3,4)13(17)18)12(16)9-8-11-7-6-10(2)19-11/h6-9H,5H2,1-4H3,(H,17,18). The number of amides is 1. The van der Waals surface area contributed by atoms with Crippen molar-refractivity contribution < 1.29 is 19.1 Å². The van der Waals surface area contributed by atoms with Crippen LogP contribution in [-0.2, 0) is 9.59 Å². The van der Waals surface area contributed by atoms with Crippen LogP contribution in [0.25, 0.3) is 6.08 Å². The second-order valence-corrected chi connectivity index (χ2v) is 4.73. The van der Waals surface area contributed by atoms with E-state index < -0.39 is 11.5 Å². The van der Waals surface area contributed by atoms with Crippen LogP contribution < -0.4 is 0 Å². The summed E-state index contributed by atoms with van der Waals surface area (Å²) >= 11 is 0. The molecule has 5 nitrogen and oxygen atoms in total. The summed E-state index contributed by atoms with van der Waals surface area (Å²) in [5.41, 5.74) is -1.24. The lowest BCUT2D eigenvalue weighted by Crippen LogP contribution is -2.52. The third kappa shape index (κ3) is 3.47. The van der Waals surface area contributed by atoms with Gasteiger partial charge in [0.2, 0.25) is 5.91 Å². The van der Waals surface area contributed by atoms with Gasteiger partial charge in [-0.25, -0.2) is 4.79 Å². The first kappa shape index (κ1) is 15.0. The second kappa shape index (κ2) is 5.73. The molecule has 5 heteroatoms. The molecule has 0 saturated heterocycles. The van der Waals surface area contributed by atoms with E-state index in [4.69, 9.17) is 9.52 Å². The van der Waals surface area contributed by atoms with Crippen LogP contribution in [0.1, 0.15) is 32.3 Å². The van der Waals surface area contributed by atoms with Crippen LogP contribution in [0, 0.1) is 6.92 Å². The molecule has 0 fully saturated rings. The molecule has 0 unspecified atom stereocenters. The number of carbonyl (C=O) groups excluding carboxylic acids is 1. The van der Waals surface area contributed by atoms with Gasteiger partial charge < -0.3 is 14.4 Å². The van der Waals surface area contributed by atoms with Gasteiger partial charge in [0.15, 0.2) is 0 Å². The predicted molar refractivity (Wildman–Crippen MR) is 71.6 cm³/mol. The van der Waals surface area contributed by atoms with E-state index in [1.165, 1.54) is 30.9 Å². The number of carboxylic acid groups (broad SMARTS) is 1. The van der Waals surface area contributed by atoms with E-state index in [-0.39, 0.29) is 5.91 Å². The molecule has 1 N–H and O–H groups in total. The fourth-order valence-electron chi connectivity index (χ4n) is 1.73. The first-order valence-electron chi connectivity index (χ1n) is 6.08. The molecule has 1 amide bonds. The Bertz CT molecular complexity index is 499. The molecule has 0 aliphatic carbocycles. The molecule has 1 aromatic heterocycles. The SMILES string of the molecule is CCN(C(=O)C=Cc1ccc(C)o1)C(C)(C)C(=O)O. The zero-order valence-corrected chi connectivity index (χ0v) is 11.6. The Morgan fingerprint density at radius 3 is 2.47 bits per heavy atom. The van der Waals surface area contributed by atoms with Gasteiger partial charge in [0, 0.05) is 12.6 Å². The molecule has 104 valence electrons. The molecule has 0 aliphatic rings. The molecular weight excluding hydrogens is 246 g/mol. The van der Waals surface area contributed by atoms with Crippen molar-refractivity contribution in [3.8, 4) is 0 Å². The number of hydrogen-bond acceptors (Lipinski definition) is 3. The number of nitrogens with zero attached hydrogens (tertiary/aromatic N) is 1. The van der Waals surface area contributed by atoms with Crippen molar-refractivity contribution >= 4 is 18.0 Å². The van der Waals surface area contributed by atoms with Crippen molar-refractivity contribution in [1.29, 1.82) is 0 Å². The lowest BCUT2D eigenvalue weighted by atomic mass is 10.0. The number of furan rings is 1. The molecule has 0 atom stereocenters. The van der Waals surface area contributed by atoms with Gasteiger partial charge in [0.25, 0.3) is 0 Å². The summed E-state index contributed by atoms with van der Waals surface area (Å²) in [4.78, 5) is 24.5. The van der Waals surface area contributed by atoms with Crippen LogP contribution >= 0.6 is 0 Å². The van der Waals surface area contributed by atoms with E-state index in [0.29, 0.717) is 12.3 Å². The van der Waals surface area contributed by atoms with Gasteiger partial charge in [-0.3, -0.25) is 4.79 Å². The highest BCUT2D eigenvalue weighted by Gasteiger charge is 2.35. The zero-order chi connectivity index (χ0) is 14.6. The van der Waals surface area contributed by atoms with Crippen molar-refractivity contribution in [2.75, 3.05) is 6.54 Å². The average Bonchev–Trinajstić information content (AvgIpc) is 2.73. The molecule has 1 heterocycles. The highest BCUT2D eigenvalue weighted by Crippen LogP contribution is 2.16. The van der Waals surface area contributed by atoms with Crippen molar-refractivity contribution in [2.45, 2.75) is 33.2 Å². The molecule has 19 heavy (non-hydrogen) atoms. The Labute approximate surface area is 112 Å². The minimum Gasteiger partial charge on any atom is -0.480 e. The lowest BCUT2D eigenvalue weighted by molar-refractivity contribution is -0.154. The molecule has 1 rings (SSSR count). The Kier molecular flexibility index (Phi) is 4.53. The number of aliphatic carboxylic acids is 1. The number of carbonyl (C=O) groups is 2. The molecule has 0 spiro atoms. The van der Waals surface area contributed by atoms with Gasteiger partial charge in [0.05, 0.1) is 0 Å². The number of carboxylic acids is 1. The Morgan fingerprint density at radius 1 is 1.42 bits per heavy atom. The molecule has 0 radical (unpaired) electrons. The van der Waals surface area contributed by atoms with Gasteiger partial charge in [-0.1, -0.05) is 0 Å². The average molecular weight is 265 g/mol. The maximum atomic E-state index is 12.0. The third-order valence-corrected chi connectivity index (χ3v) is 2.93. The van der Waals surface area contributed by atoms with Crippen LogP contribution in [0.2, 0.25) is 0 Å². The molecule has 0 aromatic carbocycles. The summed E-state index contributed by atoms with van der Waals surface area (Å²) < 4.78 is 5.31. The first-order valence-corrected chi connectivity index (χ1v) is 6.08. The molecule has 1 aromatic rings. The van der Waals surface area contributed by atoms with Crippen LogP contribution in [0.3, 0.4) is 0 Å². The summed E-state index contributed by atoms with van der Waals surface area (Å²) in [5, 5.41) is 9.14. The minimum absolute atomic E-state index is 0.319. The maximum absolute atomic E-state index is 12.0. The van der Waals surface area contributed by atoms with Crippen LogP contribution in [-0.4, -0.2) is 34.0 Å². The zero-order valence-electron chi connectivity index (χ0n) is 11.6. The van der Waals surface area contributed by atoms with E-state index in [2.05, 4.69) is 0 Å². The number of aryl methyl sites for hydroxylation is 1. The van der Waals surface area contributed by atoms with Gasteiger partial charge >= 0.3 is 5.97 Å². The van der Waals surface area contributed by atoms with E-state index in [9.17, 15) is 9.59 Å². The van der Waals surface area contributed by atoms with Crippen molar-refractivity contribution in [3.05, 3.63) is 29.7 Å². The van der Waals surface area contributed by atoms with E-state index in [1.54, 1.807) is 19.1 Å². The molecule has 0 bridgehead atoms. The topological polar surface area (TPSA) is 70.8 Å². The maximum Gasteiger partial charge on any atom is 0.329 e. The largest absolute Gasteiger partial charge is 0.480 e. The van der Waals surface area contributed by atoms with Crippen molar-refractivity contribution in [1.82, 2.24) is 4.90 Å². The Morgan fingerprint density at radius 2 is 2.05 bits per heavy atom. The van der Waals surface area contributed by atoms with Crippen LogP contribution in [0.5, 0.6) is 0 Å². The molecule has 0 aliphatic heterocycles. The van der Waals surface area contributed by atoms with Gasteiger partial charge in [-0.15, -0.1) is 0 Å². The summed E-state index contributed by atoms with van der Waals surface area (Å²) in [5.74, 6) is -0.0748. The summed E-state index contributed by atoms with van der Waals surface area (Å²) in [7, 11) is 0. The summed E-state index contributed by atoms with van der Waals surface area (Å²) in [6.45, 7) is 6.88. The Balaban J connectivity index is 2.86. The van der Waals surface area contributed by atoms with Gasteiger partial charge in [-0.05, 0) is 45.9 Å². The van der Waals surface area contributed by atoms with Crippen molar-refractivity contribution in [3.63, 3.8) is 0 Å². The lowest BCUT2D eigenvalue weighted by Gasteiger charge is -2.33. The van der Waals surface area contributed by atoms with Crippen molar-refractivity contribution in [2.24, 2.45) is 0 Å². The smallest absolute Gasteiger partial charge is 0.329 e. The van der Waals surface area contributed by atoms with Crippen LogP contribution in [0.4, 0.5) is 0 Å². The fourth-order valence-corrected chi connectivity index (χ4v) is 1.73. The number of likely N-dealkylation sites (N-methyl/N-ethyl adjacent to an activating group) is 1. The normalized spacial score (nSPS) is 11.8. The third-order valence-electron chi connectivity index (χ3n) is 2.93. The Hall–Kier alpha value is -2.04. The number of rotatable bonds is 5. The van der Waals surface area contributed by atoms with Crippen LogP contribution in [0.15, 0.2) is 22.6 Å². The van der Waals surface area contributed by atoms with Gasteiger partial charge in [-0.2, -0.15) is 0 Å². The molecule has 0 saturated carbocycles. The van der Waals surface area contributed by atoms with E-state index in [1.807, 2.05) is 6.92 Å². The predicted octanol–water partition coefficient (Wildman–Crippen LogP) is 2.31. The van der Waals surface area contributed by atoms with Gasteiger partial charge in [0.1, 0.15) is 17.1 Å². The monoisotopic (exact) mass is 265 g/mol. The van der Waals surface area contributed by atoms with E-state index in [0.717, 1.165) is 5.76 Å². The quantitative estimate of drug-likeness (QED) is 0.829. The number of hydrogen-bond donors (Lipinski definition) is 1. The van der Waals surface area contributed by atoms with E-state index >= 15 is 0 Å². The highest BCUT2D eigenvalue weighted by molar-refractivity contribution is 5.95. The summed E-state index contributed by atoms with van der Waals surface area (Å²) in [6.07, 6.45) is 2.86. The minimum atomic E-state index is -1.24. The first-order chi connectivity index (χ1) is 8.78. The second-order valence-electron chi connectivity index (χ2n) is 4.73. The molecular formula is C14H19NO4. The summed E-state index contributed by atoms with van der Waals surface area (Å²) in [6, 6.07) is 3.54. The fraction of sp³-hybridized carbons (Fsp3) is 0.429. The highest BCUT2D eigenvalue weighted by atomic mass is 16.4.